The van der Waals surface area contributed by atoms with Gasteiger partial charge in [0, 0.05) is 20.2 Å². The van der Waals surface area contributed by atoms with E-state index in [0.717, 1.165) is 32.4 Å². The van der Waals surface area contributed by atoms with Crippen LogP contribution in [-0.4, -0.2) is 47.0 Å². The fourth-order valence-electron chi connectivity index (χ4n) is 2.23. The number of rotatable bonds is 7. The standard InChI is InChI=1S/C12H21N5O3/c1-16-9-11(17(18)19)12(15-16)14-5-2-8-20-10-3-6-13-7-4-10/h9-10,13H,2-8H2,1H3,(H,14,15). The minimum absolute atomic E-state index is 0.00627. The van der Waals surface area contributed by atoms with E-state index in [1.807, 2.05) is 0 Å². The van der Waals surface area contributed by atoms with Crippen molar-refractivity contribution in [3.63, 3.8) is 0 Å². The van der Waals surface area contributed by atoms with E-state index in [2.05, 4.69) is 15.7 Å². The number of hydrogen-bond acceptors (Lipinski definition) is 6. The molecule has 2 heterocycles. The molecule has 0 aliphatic carbocycles. The van der Waals surface area contributed by atoms with Gasteiger partial charge in [-0.05, 0) is 32.4 Å². The van der Waals surface area contributed by atoms with Gasteiger partial charge in [0.25, 0.3) is 0 Å². The maximum Gasteiger partial charge on any atom is 0.330 e. The zero-order chi connectivity index (χ0) is 14.4. The van der Waals surface area contributed by atoms with Crippen molar-refractivity contribution in [2.75, 3.05) is 31.6 Å². The number of aromatic nitrogens is 2. The Morgan fingerprint density at radius 2 is 2.35 bits per heavy atom. The summed E-state index contributed by atoms with van der Waals surface area (Å²) >= 11 is 0. The highest BCUT2D eigenvalue weighted by Gasteiger charge is 2.17. The number of nitrogens with zero attached hydrogens (tertiary/aromatic N) is 3. The maximum absolute atomic E-state index is 10.8. The summed E-state index contributed by atoms with van der Waals surface area (Å²) in [6.45, 7) is 3.31. The van der Waals surface area contributed by atoms with Gasteiger partial charge in [-0.1, -0.05) is 0 Å². The zero-order valence-electron chi connectivity index (χ0n) is 11.7. The molecule has 0 saturated carbocycles. The number of nitro groups is 1. The van der Waals surface area contributed by atoms with Gasteiger partial charge in [0.2, 0.25) is 5.82 Å². The molecular formula is C12H21N5O3. The molecule has 0 radical (unpaired) electrons. The highest BCUT2D eigenvalue weighted by atomic mass is 16.6. The molecule has 8 heteroatoms. The second-order valence-corrected chi connectivity index (χ2v) is 4.89. The Bertz CT molecular complexity index is 442. The van der Waals surface area contributed by atoms with Crippen LogP contribution in [0.1, 0.15) is 19.3 Å². The van der Waals surface area contributed by atoms with Crippen LogP contribution in [0.4, 0.5) is 11.5 Å². The van der Waals surface area contributed by atoms with Crippen LogP contribution in [0.3, 0.4) is 0 Å². The Balaban J connectivity index is 1.66. The summed E-state index contributed by atoms with van der Waals surface area (Å²) < 4.78 is 7.20. The van der Waals surface area contributed by atoms with Crippen LogP contribution >= 0.6 is 0 Å². The van der Waals surface area contributed by atoms with Crippen molar-refractivity contribution in [2.24, 2.45) is 7.05 Å². The molecule has 0 aromatic carbocycles. The lowest BCUT2D eigenvalue weighted by molar-refractivity contribution is -0.384. The predicted molar refractivity (Wildman–Crippen MR) is 74.8 cm³/mol. The fraction of sp³-hybridized carbons (Fsp3) is 0.750. The molecule has 2 N–H and O–H groups in total. The molecule has 1 aromatic rings. The molecule has 0 bridgehead atoms. The van der Waals surface area contributed by atoms with Crippen LogP contribution in [0, 0.1) is 10.1 Å². The van der Waals surface area contributed by atoms with Crippen molar-refractivity contribution in [3.8, 4) is 0 Å². The van der Waals surface area contributed by atoms with Gasteiger partial charge in [0.1, 0.15) is 6.20 Å². The Kier molecular flexibility index (Phi) is 5.31. The molecule has 1 aliphatic rings. The monoisotopic (exact) mass is 283 g/mol. The van der Waals surface area contributed by atoms with Gasteiger partial charge in [-0.25, -0.2) is 0 Å². The van der Waals surface area contributed by atoms with Crippen LogP contribution < -0.4 is 10.6 Å². The molecule has 2 rings (SSSR count). The average molecular weight is 283 g/mol. The second-order valence-electron chi connectivity index (χ2n) is 4.89. The third kappa shape index (κ3) is 4.17. The van der Waals surface area contributed by atoms with Crippen LogP contribution in [0.2, 0.25) is 0 Å². The minimum atomic E-state index is -0.430. The Labute approximate surface area is 117 Å². The van der Waals surface area contributed by atoms with E-state index < -0.39 is 4.92 Å². The quantitative estimate of drug-likeness (QED) is 0.438. The summed E-state index contributed by atoms with van der Waals surface area (Å²) in [5.74, 6) is 0.319. The molecule has 8 nitrogen and oxygen atoms in total. The normalized spacial score (nSPS) is 16.2. The summed E-state index contributed by atoms with van der Waals surface area (Å²) in [7, 11) is 1.67. The van der Waals surface area contributed by atoms with Crippen molar-refractivity contribution in [2.45, 2.75) is 25.4 Å². The van der Waals surface area contributed by atoms with Gasteiger partial charge in [-0.15, -0.1) is 5.10 Å². The number of aryl methyl sites for hydroxylation is 1. The van der Waals surface area contributed by atoms with Gasteiger partial charge in [-0.3, -0.25) is 14.8 Å². The number of hydrogen-bond donors (Lipinski definition) is 2. The summed E-state index contributed by atoms with van der Waals surface area (Å²) in [6.07, 6.45) is 4.66. The Hall–Kier alpha value is -1.67. The number of nitrogens with one attached hydrogen (secondary N) is 2. The van der Waals surface area contributed by atoms with Crippen molar-refractivity contribution >= 4 is 11.5 Å². The van der Waals surface area contributed by atoms with Crippen LogP contribution in [0.25, 0.3) is 0 Å². The summed E-state index contributed by atoms with van der Waals surface area (Å²) in [5.41, 5.74) is 0.00627. The molecule has 1 saturated heterocycles. The first-order chi connectivity index (χ1) is 9.66. The summed E-state index contributed by atoms with van der Waals surface area (Å²) in [5, 5.41) is 21.1. The first-order valence-corrected chi connectivity index (χ1v) is 6.91. The lowest BCUT2D eigenvalue weighted by Crippen LogP contribution is -2.32. The highest BCUT2D eigenvalue weighted by Crippen LogP contribution is 2.21. The smallest absolute Gasteiger partial charge is 0.330 e. The lowest BCUT2D eigenvalue weighted by Gasteiger charge is -2.22. The highest BCUT2D eigenvalue weighted by molar-refractivity contribution is 5.54. The lowest BCUT2D eigenvalue weighted by atomic mass is 10.1. The van der Waals surface area contributed by atoms with Gasteiger partial charge in [0.15, 0.2) is 0 Å². The van der Waals surface area contributed by atoms with E-state index >= 15 is 0 Å². The fourth-order valence-corrected chi connectivity index (χ4v) is 2.23. The number of ether oxygens (including phenoxy) is 1. The average Bonchev–Trinajstić information content (AvgIpc) is 2.81. The van der Waals surface area contributed by atoms with Gasteiger partial charge in [-0.2, -0.15) is 0 Å². The number of piperidine rings is 1. The Morgan fingerprint density at radius 1 is 1.60 bits per heavy atom. The van der Waals surface area contributed by atoms with Crippen LogP contribution in [-0.2, 0) is 11.8 Å². The molecule has 20 heavy (non-hydrogen) atoms. The first kappa shape index (κ1) is 14.7. The molecule has 0 spiro atoms. The van der Waals surface area contributed by atoms with E-state index in [-0.39, 0.29) is 5.69 Å². The van der Waals surface area contributed by atoms with E-state index in [1.165, 1.54) is 10.9 Å². The molecule has 1 aliphatic heterocycles. The summed E-state index contributed by atoms with van der Waals surface area (Å²) in [6, 6.07) is 0. The van der Waals surface area contributed by atoms with Crippen molar-refractivity contribution in [1.29, 1.82) is 0 Å². The minimum Gasteiger partial charge on any atom is -0.378 e. The van der Waals surface area contributed by atoms with Crippen LogP contribution in [0.15, 0.2) is 6.20 Å². The zero-order valence-corrected chi connectivity index (χ0v) is 11.7. The molecule has 0 unspecified atom stereocenters. The van der Waals surface area contributed by atoms with Crippen LogP contribution in [0.5, 0.6) is 0 Å². The third-order valence-corrected chi connectivity index (χ3v) is 3.26. The SMILES string of the molecule is Cn1cc([N+](=O)[O-])c(NCCCOC2CCNCC2)n1. The van der Waals surface area contributed by atoms with E-state index in [0.29, 0.717) is 25.1 Å². The van der Waals surface area contributed by atoms with E-state index in [1.54, 1.807) is 7.05 Å². The third-order valence-electron chi connectivity index (χ3n) is 3.26. The molecule has 0 atom stereocenters. The molecular weight excluding hydrogens is 262 g/mol. The molecule has 0 amide bonds. The van der Waals surface area contributed by atoms with Gasteiger partial charge in [0.05, 0.1) is 11.0 Å². The van der Waals surface area contributed by atoms with Crippen molar-refractivity contribution in [3.05, 3.63) is 16.3 Å². The number of anilines is 1. The van der Waals surface area contributed by atoms with Gasteiger partial charge >= 0.3 is 5.69 Å². The largest absolute Gasteiger partial charge is 0.378 e. The van der Waals surface area contributed by atoms with Crippen molar-refractivity contribution in [1.82, 2.24) is 15.1 Å². The topological polar surface area (TPSA) is 94.2 Å². The first-order valence-electron chi connectivity index (χ1n) is 6.91. The Morgan fingerprint density at radius 3 is 3.05 bits per heavy atom. The second kappa shape index (κ2) is 7.20. The molecule has 1 fully saturated rings. The van der Waals surface area contributed by atoms with E-state index in [9.17, 15) is 10.1 Å². The summed E-state index contributed by atoms with van der Waals surface area (Å²) in [4.78, 5) is 10.4. The maximum atomic E-state index is 10.8. The molecule has 1 aromatic heterocycles. The van der Waals surface area contributed by atoms with Crippen molar-refractivity contribution < 1.29 is 9.66 Å². The van der Waals surface area contributed by atoms with Gasteiger partial charge < -0.3 is 15.4 Å². The predicted octanol–water partition coefficient (Wildman–Crippen LogP) is 0.899. The van der Waals surface area contributed by atoms with E-state index in [4.69, 9.17) is 4.74 Å². The molecule has 112 valence electrons.